The van der Waals surface area contributed by atoms with E-state index in [1.807, 2.05) is 0 Å². The molecule has 0 saturated heterocycles. The summed E-state index contributed by atoms with van der Waals surface area (Å²) in [4.78, 5) is 0. The van der Waals surface area contributed by atoms with Gasteiger partial charge in [0.2, 0.25) is 0 Å². The summed E-state index contributed by atoms with van der Waals surface area (Å²) in [6.07, 6.45) is -1.23. The number of benzene rings is 2. The van der Waals surface area contributed by atoms with Gasteiger partial charge in [-0.25, -0.2) is 8.78 Å². The van der Waals surface area contributed by atoms with Gasteiger partial charge in [-0.15, -0.1) is 0 Å². The number of hydrogen-bond acceptors (Lipinski definition) is 2. The summed E-state index contributed by atoms with van der Waals surface area (Å²) in [5.41, 5.74) is 0.403. The molecule has 1 N–H and O–H groups in total. The third-order valence-electron chi connectivity index (χ3n) is 2.77. The summed E-state index contributed by atoms with van der Waals surface area (Å²) >= 11 is 3.03. The van der Waals surface area contributed by atoms with Gasteiger partial charge < -0.3 is 9.84 Å². The molecule has 0 heterocycles. The van der Waals surface area contributed by atoms with Crippen LogP contribution in [0, 0.1) is 11.6 Å². The standard InChI is InChI=1S/C14H11BrF2O2/c1-19-13-7-12(17)10(15)6-9(13)14(18)8-4-2-3-5-11(8)16/h2-7,14,18H,1H3. The van der Waals surface area contributed by atoms with Crippen molar-refractivity contribution in [1.29, 1.82) is 0 Å². The molecule has 2 aromatic carbocycles. The highest BCUT2D eigenvalue weighted by Gasteiger charge is 2.20. The van der Waals surface area contributed by atoms with Crippen molar-refractivity contribution in [2.24, 2.45) is 0 Å². The SMILES string of the molecule is COc1cc(F)c(Br)cc1C(O)c1ccccc1F. The van der Waals surface area contributed by atoms with E-state index in [2.05, 4.69) is 15.9 Å². The maximum Gasteiger partial charge on any atom is 0.141 e. The van der Waals surface area contributed by atoms with E-state index in [0.29, 0.717) is 5.56 Å². The minimum Gasteiger partial charge on any atom is -0.496 e. The lowest BCUT2D eigenvalue weighted by atomic mass is 10.00. The number of methoxy groups -OCH3 is 1. The van der Waals surface area contributed by atoms with Crippen molar-refractivity contribution in [3.63, 3.8) is 0 Å². The van der Waals surface area contributed by atoms with E-state index in [-0.39, 0.29) is 15.8 Å². The summed E-state index contributed by atoms with van der Waals surface area (Å²) < 4.78 is 32.3. The van der Waals surface area contributed by atoms with E-state index >= 15 is 0 Å². The molecule has 0 aromatic heterocycles. The van der Waals surface area contributed by atoms with Gasteiger partial charge in [0.15, 0.2) is 0 Å². The first-order valence-corrected chi connectivity index (χ1v) is 6.29. The van der Waals surface area contributed by atoms with Crippen molar-refractivity contribution in [2.75, 3.05) is 7.11 Å². The summed E-state index contributed by atoms with van der Waals surface area (Å²) in [5.74, 6) is -0.879. The lowest BCUT2D eigenvalue weighted by Gasteiger charge is -2.16. The zero-order valence-corrected chi connectivity index (χ0v) is 11.6. The van der Waals surface area contributed by atoms with Crippen LogP contribution in [0.2, 0.25) is 0 Å². The lowest BCUT2D eigenvalue weighted by molar-refractivity contribution is 0.209. The Morgan fingerprint density at radius 1 is 1.11 bits per heavy atom. The number of halogens is 3. The molecule has 0 saturated carbocycles. The van der Waals surface area contributed by atoms with Gasteiger partial charge in [0, 0.05) is 17.2 Å². The summed E-state index contributed by atoms with van der Waals surface area (Å²) in [5, 5.41) is 10.2. The van der Waals surface area contributed by atoms with Crippen molar-refractivity contribution in [3.8, 4) is 5.75 Å². The lowest BCUT2D eigenvalue weighted by Crippen LogP contribution is -2.05. The average Bonchev–Trinajstić information content (AvgIpc) is 2.41. The van der Waals surface area contributed by atoms with E-state index in [1.165, 1.54) is 31.4 Å². The second-order valence-corrected chi connectivity index (χ2v) is 4.79. The van der Waals surface area contributed by atoms with Gasteiger partial charge in [-0.3, -0.25) is 0 Å². The zero-order valence-electron chi connectivity index (χ0n) is 10.0. The molecule has 2 aromatic rings. The molecule has 0 spiro atoms. The number of aliphatic hydroxyl groups excluding tert-OH is 1. The smallest absolute Gasteiger partial charge is 0.141 e. The molecule has 2 rings (SSSR count). The van der Waals surface area contributed by atoms with Crippen LogP contribution < -0.4 is 4.74 Å². The van der Waals surface area contributed by atoms with Gasteiger partial charge >= 0.3 is 0 Å². The van der Waals surface area contributed by atoms with Gasteiger partial charge in [-0.2, -0.15) is 0 Å². The van der Waals surface area contributed by atoms with Gasteiger partial charge in [-0.05, 0) is 28.1 Å². The fraction of sp³-hybridized carbons (Fsp3) is 0.143. The molecular weight excluding hydrogens is 318 g/mol. The minimum absolute atomic E-state index is 0.110. The molecule has 0 radical (unpaired) electrons. The maximum atomic E-state index is 13.7. The van der Waals surface area contributed by atoms with Crippen molar-refractivity contribution >= 4 is 15.9 Å². The van der Waals surface area contributed by atoms with Crippen molar-refractivity contribution < 1.29 is 18.6 Å². The number of aliphatic hydroxyl groups is 1. The Morgan fingerprint density at radius 3 is 2.42 bits per heavy atom. The fourth-order valence-corrected chi connectivity index (χ4v) is 2.16. The van der Waals surface area contributed by atoms with Crippen molar-refractivity contribution in [2.45, 2.75) is 6.10 Å². The zero-order chi connectivity index (χ0) is 14.0. The van der Waals surface area contributed by atoms with Crippen LogP contribution in [-0.4, -0.2) is 12.2 Å². The number of ether oxygens (including phenoxy) is 1. The molecule has 1 atom stereocenters. The second kappa shape index (κ2) is 5.67. The van der Waals surface area contributed by atoms with Gasteiger partial charge in [0.05, 0.1) is 11.6 Å². The van der Waals surface area contributed by atoms with Crippen molar-refractivity contribution in [1.82, 2.24) is 0 Å². The Kier molecular flexibility index (Phi) is 4.17. The van der Waals surface area contributed by atoms with Gasteiger partial charge in [0.25, 0.3) is 0 Å². The first-order chi connectivity index (χ1) is 9.04. The Bertz CT molecular complexity index is 602. The van der Waals surface area contributed by atoms with E-state index in [4.69, 9.17) is 4.74 Å². The Balaban J connectivity index is 2.52. The van der Waals surface area contributed by atoms with Crippen LogP contribution in [0.3, 0.4) is 0 Å². The van der Waals surface area contributed by atoms with E-state index in [9.17, 15) is 13.9 Å². The molecule has 100 valence electrons. The second-order valence-electron chi connectivity index (χ2n) is 3.93. The third-order valence-corrected chi connectivity index (χ3v) is 3.37. The van der Waals surface area contributed by atoms with Crippen LogP contribution in [0.15, 0.2) is 40.9 Å². The average molecular weight is 329 g/mol. The highest BCUT2D eigenvalue weighted by molar-refractivity contribution is 9.10. The molecule has 19 heavy (non-hydrogen) atoms. The normalized spacial score (nSPS) is 12.3. The molecule has 0 bridgehead atoms. The van der Waals surface area contributed by atoms with E-state index in [0.717, 1.165) is 6.07 Å². The molecule has 1 unspecified atom stereocenters. The molecule has 0 amide bonds. The summed E-state index contributed by atoms with van der Waals surface area (Å²) in [6.45, 7) is 0. The third kappa shape index (κ3) is 2.77. The van der Waals surface area contributed by atoms with Crippen LogP contribution in [0.1, 0.15) is 17.2 Å². The Labute approximate surface area is 117 Å². The van der Waals surface area contributed by atoms with Crippen LogP contribution in [0.5, 0.6) is 5.75 Å². The highest BCUT2D eigenvalue weighted by atomic mass is 79.9. The Hall–Kier alpha value is -1.46. The predicted molar refractivity (Wildman–Crippen MR) is 71.1 cm³/mol. The quantitative estimate of drug-likeness (QED) is 0.928. The van der Waals surface area contributed by atoms with Gasteiger partial charge in [0.1, 0.15) is 23.5 Å². The molecule has 5 heteroatoms. The predicted octanol–water partition coefficient (Wildman–Crippen LogP) is 3.82. The molecule has 0 aliphatic rings. The number of rotatable bonds is 3. The fourth-order valence-electron chi connectivity index (χ4n) is 1.80. The monoisotopic (exact) mass is 328 g/mol. The van der Waals surface area contributed by atoms with Crippen LogP contribution in [0.4, 0.5) is 8.78 Å². The molecule has 0 fully saturated rings. The van der Waals surface area contributed by atoms with Crippen LogP contribution >= 0.6 is 15.9 Å². The Morgan fingerprint density at radius 2 is 1.79 bits per heavy atom. The van der Waals surface area contributed by atoms with Crippen molar-refractivity contribution in [3.05, 3.63) is 63.6 Å². The largest absolute Gasteiger partial charge is 0.496 e. The van der Waals surface area contributed by atoms with Gasteiger partial charge in [-0.1, -0.05) is 18.2 Å². The molecule has 0 aliphatic heterocycles. The van der Waals surface area contributed by atoms with Crippen LogP contribution in [-0.2, 0) is 0 Å². The minimum atomic E-state index is -1.23. The van der Waals surface area contributed by atoms with E-state index in [1.54, 1.807) is 6.07 Å². The first kappa shape index (κ1) is 14.0. The summed E-state index contributed by atoms with van der Waals surface area (Å²) in [7, 11) is 1.36. The number of hydrogen-bond donors (Lipinski definition) is 1. The topological polar surface area (TPSA) is 29.5 Å². The maximum absolute atomic E-state index is 13.7. The summed E-state index contributed by atoms with van der Waals surface area (Å²) in [6, 6.07) is 8.39. The molecule has 2 nitrogen and oxygen atoms in total. The van der Waals surface area contributed by atoms with Crippen LogP contribution in [0.25, 0.3) is 0 Å². The van der Waals surface area contributed by atoms with E-state index < -0.39 is 17.7 Å². The first-order valence-electron chi connectivity index (χ1n) is 5.50. The molecule has 0 aliphatic carbocycles. The molecular formula is C14H11BrF2O2. The highest BCUT2D eigenvalue weighted by Crippen LogP contribution is 2.34.